The molecule has 1 saturated heterocycles. The van der Waals surface area contributed by atoms with E-state index in [4.69, 9.17) is 9.47 Å². The minimum Gasteiger partial charge on any atom is -0.444 e. The number of unbranched alkanes of at least 4 members (excludes halogenated alkanes) is 2. The van der Waals surface area contributed by atoms with Gasteiger partial charge in [0.15, 0.2) is 17.0 Å². The first-order valence-electron chi connectivity index (χ1n) is 17.9. The second-order valence-corrected chi connectivity index (χ2v) is 16.8. The van der Waals surface area contributed by atoms with Crippen molar-refractivity contribution in [1.82, 2.24) is 39.0 Å². The van der Waals surface area contributed by atoms with Crippen molar-refractivity contribution < 1.29 is 37.1 Å². The first-order chi connectivity index (χ1) is 26.8. The van der Waals surface area contributed by atoms with E-state index in [1.165, 1.54) is 15.8 Å². The van der Waals surface area contributed by atoms with E-state index in [2.05, 4.69) is 35.9 Å². The highest BCUT2D eigenvalue weighted by Crippen LogP contribution is 2.28. The number of amides is 4. The fourth-order valence-corrected chi connectivity index (χ4v) is 8.35. The summed E-state index contributed by atoms with van der Waals surface area (Å²) in [5.41, 5.74) is 1.13. The van der Waals surface area contributed by atoms with Gasteiger partial charge in [0.05, 0.1) is 23.1 Å². The molecule has 4 amide bonds. The second kappa shape index (κ2) is 17.3. The predicted molar refractivity (Wildman–Crippen MR) is 207 cm³/mol. The van der Waals surface area contributed by atoms with Crippen molar-refractivity contribution in [3.8, 4) is 0 Å². The Hall–Kier alpha value is -5.89. The molecule has 0 aliphatic carbocycles. The van der Waals surface area contributed by atoms with Crippen LogP contribution in [-0.2, 0) is 42.2 Å². The van der Waals surface area contributed by atoms with Gasteiger partial charge in [0.2, 0.25) is 16.2 Å². The van der Waals surface area contributed by atoms with Crippen molar-refractivity contribution in [1.29, 1.82) is 0 Å². The van der Waals surface area contributed by atoms with Crippen LogP contribution in [0.4, 0.5) is 21.4 Å². The molecule has 3 N–H and O–H groups in total. The van der Waals surface area contributed by atoms with E-state index in [-0.39, 0.29) is 53.5 Å². The van der Waals surface area contributed by atoms with Crippen LogP contribution < -0.4 is 16.0 Å². The summed E-state index contributed by atoms with van der Waals surface area (Å²) in [5.74, 6) is -1.03. The summed E-state index contributed by atoms with van der Waals surface area (Å²) < 4.78 is 40.1. The Kier molecular flexibility index (Phi) is 12.3. The van der Waals surface area contributed by atoms with Crippen molar-refractivity contribution in [3.63, 3.8) is 0 Å². The number of hydrogen-bond donors (Lipinski definition) is 3. The first-order valence-corrected chi connectivity index (χ1v) is 20.1. The number of sulfonamides is 1. The van der Waals surface area contributed by atoms with E-state index in [9.17, 15) is 27.6 Å². The Labute approximate surface area is 326 Å². The smallest absolute Gasteiger partial charge is 0.413 e. The summed E-state index contributed by atoms with van der Waals surface area (Å²) in [7, 11) is -4.22. The van der Waals surface area contributed by atoms with E-state index < -0.39 is 46.2 Å². The Morgan fingerprint density at radius 2 is 1.66 bits per heavy atom. The van der Waals surface area contributed by atoms with Crippen LogP contribution in [0.25, 0.3) is 21.4 Å². The molecule has 2 aromatic carbocycles. The number of hydrogen-bond acceptors (Lipinski definition) is 14. The molecule has 5 aromatic rings. The summed E-state index contributed by atoms with van der Waals surface area (Å²) in [4.78, 5) is 70.3. The van der Waals surface area contributed by atoms with E-state index in [0.29, 0.717) is 36.1 Å². The van der Waals surface area contributed by atoms with Crippen molar-refractivity contribution in [2.24, 2.45) is 0 Å². The molecule has 0 atom stereocenters. The molecule has 18 nitrogen and oxygen atoms in total. The molecule has 1 fully saturated rings. The monoisotopic (exact) mass is 806 g/mol. The summed E-state index contributed by atoms with van der Waals surface area (Å²) in [5, 5.41) is 8.51. The Morgan fingerprint density at radius 1 is 0.911 bits per heavy atom. The minimum atomic E-state index is -4.22. The Bertz CT molecular complexity index is 2290. The lowest BCUT2D eigenvalue weighted by Crippen LogP contribution is -2.54. The molecule has 3 aromatic heterocycles. The maximum absolute atomic E-state index is 13.5. The Balaban J connectivity index is 1.10. The number of thiazole rings is 1. The number of benzene rings is 2. The summed E-state index contributed by atoms with van der Waals surface area (Å²) in [6, 6.07) is 16.1. The summed E-state index contributed by atoms with van der Waals surface area (Å²) in [6.45, 7) is 5.30. The average Bonchev–Trinajstić information content (AvgIpc) is 3.78. The van der Waals surface area contributed by atoms with Gasteiger partial charge in [0.1, 0.15) is 25.3 Å². The molecule has 296 valence electrons. The molecular weight excluding hydrogens is 765 g/mol. The molecule has 1 aliphatic heterocycles. The van der Waals surface area contributed by atoms with Crippen LogP contribution in [0.2, 0.25) is 0 Å². The topological polar surface area (TPSA) is 220 Å². The molecule has 56 heavy (non-hydrogen) atoms. The quantitative estimate of drug-likeness (QED) is 0.133. The van der Waals surface area contributed by atoms with E-state index >= 15 is 0 Å². The van der Waals surface area contributed by atoms with Crippen LogP contribution >= 0.6 is 11.3 Å². The number of alkyl carbamates (subject to hydrolysis) is 1. The summed E-state index contributed by atoms with van der Waals surface area (Å²) >= 11 is 0.976. The van der Waals surface area contributed by atoms with Crippen LogP contribution in [0.3, 0.4) is 0 Å². The molecule has 0 bridgehead atoms. The highest BCUT2D eigenvalue weighted by molar-refractivity contribution is 7.91. The molecule has 4 heterocycles. The molecule has 0 saturated carbocycles. The lowest BCUT2D eigenvalue weighted by Gasteiger charge is -2.33. The van der Waals surface area contributed by atoms with Crippen molar-refractivity contribution in [2.45, 2.75) is 63.1 Å². The largest absolute Gasteiger partial charge is 0.444 e. The van der Waals surface area contributed by atoms with Crippen molar-refractivity contribution in [2.75, 3.05) is 43.4 Å². The number of rotatable bonds is 14. The fraction of sp³-hybridized carbons (Fsp3) is 0.389. The molecule has 0 radical (unpaired) electrons. The van der Waals surface area contributed by atoms with Gasteiger partial charge in [0, 0.05) is 19.6 Å². The third-order valence-electron chi connectivity index (χ3n) is 8.32. The Morgan fingerprint density at radius 3 is 2.41 bits per heavy atom. The van der Waals surface area contributed by atoms with Crippen LogP contribution in [0.1, 0.15) is 45.6 Å². The lowest BCUT2D eigenvalue weighted by molar-refractivity contribution is -0.142. The number of anilines is 2. The fourth-order valence-electron chi connectivity index (χ4n) is 5.64. The van der Waals surface area contributed by atoms with Gasteiger partial charge in [-0.1, -0.05) is 42.5 Å². The highest BCUT2D eigenvalue weighted by Gasteiger charge is 2.37. The number of nitrogens with one attached hydrogen (secondary N) is 3. The maximum Gasteiger partial charge on any atom is 0.413 e. The zero-order chi connectivity index (χ0) is 39.9. The first kappa shape index (κ1) is 39.8. The van der Waals surface area contributed by atoms with Gasteiger partial charge in [-0.3, -0.25) is 14.9 Å². The molecule has 0 unspecified atom stereocenters. The van der Waals surface area contributed by atoms with Crippen LogP contribution in [-0.4, -0.2) is 104 Å². The molecular formula is C36H42N10O8S2. The lowest BCUT2D eigenvalue weighted by atomic mass is 10.2. The maximum atomic E-state index is 13.5. The zero-order valence-corrected chi connectivity index (χ0v) is 32.7. The van der Waals surface area contributed by atoms with Crippen molar-refractivity contribution >= 4 is 78.5 Å². The minimum absolute atomic E-state index is 0.0195. The average molecular weight is 807 g/mol. The zero-order valence-electron chi connectivity index (χ0n) is 31.1. The van der Waals surface area contributed by atoms with Gasteiger partial charge in [0.25, 0.3) is 15.9 Å². The highest BCUT2D eigenvalue weighted by atomic mass is 32.2. The number of carbonyl (C=O) groups is 4. The number of fused-ring (bicyclic) bond motifs is 2. The second-order valence-electron chi connectivity index (χ2n) is 13.8. The number of carbonyl (C=O) groups excluding carboxylic acids is 4. The number of para-hydroxylation sites is 1. The number of imidazole rings is 1. The molecule has 1 aliphatic rings. The van der Waals surface area contributed by atoms with Crippen LogP contribution in [0.15, 0.2) is 65.3 Å². The summed E-state index contributed by atoms with van der Waals surface area (Å²) in [6.07, 6.45) is 2.29. The van der Waals surface area contributed by atoms with E-state index in [0.717, 1.165) is 27.6 Å². The number of piperazine rings is 1. The normalized spacial score (nSPS) is 13.5. The van der Waals surface area contributed by atoms with E-state index in [1.54, 1.807) is 45.0 Å². The SMILES string of the molecule is CC(C)(C)OC(=O)NCCCCCNc1nc(NC(=O)OCc2ccccc2)c2ncn(CC(=O)N3CCN(S(=O)(=O)c4nc5ccccc5s4)C(=O)C3)c2n1. The number of aromatic nitrogens is 5. The molecule has 0 spiro atoms. The predicted octanol–water partition coefficient (Wildman–Crippen LogP) is 4.35. The number of ether oxygens (including phenoxy) is 2. The van der Waals surface area contributed by atoms with Crippen LogP contribution in [0, 0.1) is 0 Å². The van der Waals surface area contributed by atoms with Gasteiger partial charge >= 0.3 is 12.2 Å². The number of nitrogens with zero attached hydrogens (tertiary/aromatic N) is 7. The van der Waals surface area contributed by atoms with Gasteiger partial charge in [-0.15, -0.1) is 11.3 Å². The van der Waals surface area contributed by atoms with Crippen LogP contribution in [0.5, 0.6) is 0 Å². The van der Waals surface area contributed by atoms with Crippen molar-refractivity contribution in [3.05, 3.63) is 66.5 Å². The third-order valence-corrected chi connectivity index (χ3v) is 11.5. The van der Waals surface area contributed by atoms with Gasteiger partial charge < -0.3 is 29.6 Å². The van der Waals surface area contributed by atoms with Gasteiger partial charge in [-0.05, 0) is 57.7 Å². The molecule has 20 heteroatoms. The third kappa shape index (κ3) is 10.0. The van der Waals surface area contributed by atoms with Gasteiger partial charge in [-0.2, -0.15) is 18.4 Å². The van der Waals surface area contributed by atoms with E-state index in [1.807, 2.05) is 30.3 Å². The molecule has 6 rings (SSSR count). The standard InChI is InChI=1S/C36H42N10O8S2/c1-36(2,3)54-33(49)38-17-11-5-10-16-37-32-41-30(42-34(50)53-22-24-12-6-4-7-13-24)29-31(43-32)45(23-39-29)20-27(47)44-18-19-46(28(48)21-44)56(51,52)35-40-25-14-8-9-15-26(25)55-35/h4,6-9,12-15,23H,5,10-11,16-22H2,1-3H3,(H,38,49)(H2,37,41,42,43,50). The van der Waals surface area contributed by atoms with Gasteiger partial charge in [-0.25, -0.2) is 23.9 Å².